The van der Waals surface area contributed by atoms with E-state index in [1.807, 2.05) is 0 Å². The molecule has 0 N–H and O–H groups in total. The zero-order chi connectivity index (χ0) is 40.4. The first-order chi connectivity index (χ1) is 29.0. The maximum Gasteiger partial charge on any atom is 0.333 e. The SMILES string of the molecule is CC(C)(C)c1ccc2c(c1)c1cc(C(C)(C)C)cc3c1n2-c1cc(-c2ccccc2)cc2c1B3N1c3ccccc3[Si]3(c4ccccc4-c4ccccc43)c3cccc-2c31. The van der Waals surface area contributed by atoms with Gasteiger partial charge in [0.25, 0.3) is 0 Å². The number of para-hydroxylation sites is 2. The molecule has 0 saturated carbocycles. The maximum absolute atomic E-state index is 2.80. The molecule has 0 unspecified atom stereocenters. The number of nitrogens with zero attached hydrogens (tertiary/aromatic N) is 2. The monoisotopic (exact) mass is 784 g/mol. The van der Waals surface area contributed by atoms with E-state index >= 15 is 0 Å². The maximum atomic E-state index is 2.80. The molecular weight excluding hydrogens is 740 g/mol. The van der Waals surface area contributed by atoms with Crippen molar-refractivity contribution in [1.29, 1.82) is 0 Å². The molecule has 60 heavy (non-hydrogen) atoms. The molecule has 0 saturated heterocycles. The molecular formula is C56H45BN2Si. The summed E-state index contributed by atoms with van der Waals surface area (Å²) in [6.45, 7) is 14.1. The van der Waals surface area contributed by atoms with E-state index < -0.39 is 8.07 Å². The molecule has 0 amide bonds. The first-order valence-corrected chi connectivity index (χ1v) is 23.6. The van der Waals surface area contributed by atoms with Gasteiger partial charge in [0.1, 0.15) is 0 Å². The summed E-state index contributed by atoms with van der Waals surface area (Å²) in [5.74, 6) is 0. The molecule has 0 aliphatic carbocycles. The molecule has 13 rings (SSSR count). The quantitative estimate of drug-likeness (QED) is 0.151. The van der Waals surface area contributed by atoms with Gasteiger partial charge >= 0.3 is 6.85 Å². The standard InChI is InChI=1S/C56H45BN2Si/c1-55(2,3)36-27-28-45-41(31-36)43-32-37(56(4,5)6)33-44-53(43)58(45)47-30-35(34-17-8-7-9-18-34)29-42-40-21-16-26-51-54(40)59(57(44)52(42)47)46-22-12-15-25-50(46)60(51)48-23-13-10-19-38(48)39-20-11-14-24-49(39)60/h7-33H,1-6H3. The third-order valence-corrected chi connectivity index (χ3v) is 19.4. The molecule has 4 heteroatoms. The van der Waals surface area contributed by atoms with Crippen molar-refractivity contribution in [1.82, 2.24) is 4.57 Å². The van der Waals surface area contributed by atoms with E-state index in [2.05, 4.69) is 215 Å². The van der Waals surface area contributed by atoms with Gasteiger partial charge in [0, 0.05) is 33.4 Å². The van der Waals surface area contributed by atoms with Crippen LogP contribution in [0.3, 0.4) is 0 Å². The van der Waals surface area contributed by atoms with Crippen LogP contribution in [-0.4, -0.2) is 19.5 Å². The highest BCUT2D eigenvalue weighted by Crippen LogP contribution is 2.49. The highest BCUT2D eigenvalue weighted by atomic mass is 28.3. The molecule has 1 spiro atoms. The van der Waals surface area contributed by atoms with Crippen LogP contribution in [0.2, 0.25) is 0 Å². The summed E-state index contributed by atoms with van der Waals surface area (Å²) in [4.78, 5) is 2.80. The van der Waals surface area contributed by atoms with Crippen molar-refractivity contribution < 1.29 is 0 Å². The smallest absolute Gasteiger partial charge is 0.333 e. The molecule has 9 aromatic rings. The van der Waals surface area contributed by atoms with Gasteiger partial charge in [0.15, 0.2) is 8.07 Å². The number of aromatic nitrogens is 1. The van der Waals surface area contributed by atoms with Crippen LogP contribution in [0.5, 0.6) is 0 Å². The van der Waals surface area contributed by atoms with Crippen molar-refractivity contribution >= 4 is 79.8 Å². The lowest BCUT2D eigenvalue weighted by atomic mass is 9.43. The fourth-order valence-electron chi connectivity index (χ4n) is 11.8. The fraction of sp³-hybridized carbons (Fsp3) is 0.143. The highest BCUT2D eigenvalue weighted by molar-refractivity contribution is 7.24. The van der Waals surface area contributed by atoms with Gasteiger partial charge in [0.2, 0.25) is 0 Å². The van der Waals surface area contributed by atoms with Gasteiger partial charge in [0.05, 0.1) is 11.0 Å². The van der Waals surface area contributed by atoms with Gasteiger partial charge < -0.3 is 9.38 Å². The van der Waals surface area contributed by atoms with Crippen molar-refractivity contribution in [3.05, 3.63) is 175 Å². The average molecular weight is 785 g/mol. The Morgan fingerprint density at radius 2 is 1.07 bits per heavy atom. The summed E-state index contributed by atoms with van der Waals surface area (Å²) >= 11 is 0. The summed E-state index contributed by atoms with van der Waals surface area (Å²) in [5.41, 5.74) is 20.1. The van der Waals surface area contributed by atoms with E-state index in [1.54, 1.807) is 0 Å². The zero-order valence-electron chi connectivity index (χ0n) is 35.1. The van der Waals surface area contributed by atoms with E-state index in [0.29, 0.717) is 0 Å². The van der Waals surface area contributed by atoms with Crippen LogP contribution < -0.4 is 36.5 Å². The summed E-state index contributed by atoms with van der Waals surface area (Å²) in [6, 6.07) is 63.9. The Labute approximate surface area is 353 Å². The van der Waals surface area contributed by atoms with Crippen molar-refractivity contribution in [2.24, 2.45) is 0 Å². The van der Waals surface area contributed by atoms with Crippen molar-refractivity contribution in [3.63, 3.8) is 0 Å². The summed E-state index contributed by atoms with van der Waals surface area (Å²) in [7, 11) is -2.77. The van der Waals surface area contributed by atoms with Gasteiger partial charge in [-0.1, -0.05) is 169 Å². The van der Waals surface area contributed by atoms with Crippen LogP contribution in [0.1, 0.15) is 52.7 Å². The first kappa shape index (κ1) is 34.5. The number of anilines is 2. The van der Waals surface area contributed by atoms with Crippen LogP contribution >= 0.6 is 0 Å². The lowest BCUT2D eigenvalue weighted by Gasteiger charge is -2.50. The second-order valence-electron chi connectivity index (χ2n) is 19.7. The van der Waals surface area contributed by atoms with Crippen molar-refractivity contribution in [2.45, 2.75) is 52.4 Å². The van der Waals surface area contributed by atoms with Gasteiger partial charge in [-0.25, -0.2) is 0 Å². The summed E-state index contributed by atoms with van der Waals surface area (Å²) < 4.78 is 2.64. The van der Waals surface area contributed by atoms with E-state index in [-0.39, 0.29) is 17.7 Å². The van der Waals surface area contributed by atoms with Crippen LogP contribution in [0.15, 0.2) is 164 Å². The predicted octanol–water partition coefficient (Wildman–Crippen LogP) is 9.95. The Morgan fingerprint density at radius 1 is 0.450 bits per heavy atom. The Kier molecular flexibility index (Phi) is 6.59. The number of rotatable bonds is 1. The molecule has 0 radical (unpaired) electrons. The second kappa shape index (κ2) is 11.5. The Hall–Kier alpha value is -6.36. The molecule has 0 fully saturated rings. The minimum atomic E-state index is -2.77. The van der Waals surface area contributed by atoms with Crippen LogP contribution in [0.4, 0.5) is 11.4 Å². The number of hydrogen-bond acceptors (Lipinski definition) is 1. The van der Waals surface area contributed by atoms with Gasteiger partial charge in [-0.15, -0.1) is 0 Å². The van der Waals surface area contributed by atoms with E-state index in [1.165, 1.54) is 115 Å². The van der Waals surface area contributed by atoms with Gasteiger partial charge in [-0.2, -0.15) is 0 Å². The highest BCUT2D eigenvalue weighted by Gasteiger charge is 2.57. The molecule has 0 bridgehead atoms. The lowest BCUT2D eigenvalue weighted by Crippen LogP contribution is -2.78. The van der Waals surface area contributed by atoms with Crippen molar-refractivity contribution in [2.75, 3.05) is 4.81 Å². The van der Waals surface area contributed by atoms with Crippen LogP contribution in [-0.2, 0) is 10.8 Å². The fourth-order valence-corrected chi connectivity index (χ4v) is 17.3. The van der Waals surface area contributed by atoms with Gasteiger partial charge in [-0.3, -0.25) is 0 Å². The molecule has 4 aliphatic rings. The Morgan fingerprint density at radius 3 is 1.78 bits per heavy atom. The number of benzene rings is 8. The Balaban J connectivity index is 1.23. The molecule has 8 aromatic carbocycles. The molecule has 0 atom stereocenters. The van der Waals surface area contributed by atoms with Crippen molar-refractivity contribution in [3.8, 4) is 39.1 Å². The summed E-state index contributed by atoms with van der Waals surface area (Å²) in [6.07, 6.45) is 0. The third kappa shape index (κ3) is 4.20. The normalized spacial score (nSPS) is 14.9. The summed E-state index contributed by atoms with van der Waals surface area (Å²) in [5, 5.41) is 8.69. The zero-order valence-corrected chi connectivity index (χ0v) is 36.1. The molecule has 4 aliphatic heterocycles. The Bertz CT molecular complexity index is 3320. The first-order valence-electron chi connectivity index (χ1n) is 21.6. The number of hydrogen-bond donors (Lipinski definition) is 0. The topological polar surface area (TPSA) is 8.17 Å². The molecule has 1 aromatic heterocycles. The minimum absolute atomic E-state index is 0.0249. The largest absolute Gasteiger partial charge is 0.376 e. The van der Waals surface area contributed by atoms with E-state index in [4.69, 9.17) is 0 Å². The van der Waals surface area contributed by atoms with Crippen LogP contribution in [0.25, 0.3) is 60.9 Å². The van der Waals surface area contributed by atoms with Gasteiger partial charge in [-0.05, 0) is 118 Å². The average Bonchev–Trinajstić information content (AvgIpc) is 3.75. The molecule has 2 nitrogen and oxygen atoms in total. The van der Waals surface area contributed by atoms with Crippen LogP contribution in [0, 0.1) is 0 Å². The van der Waals surface area contributed by atoms with E-state index in [9.17, 15) is 0 Å². The predicted molar refractivity (Wildman–Crippen MR) is 259 cm³/mol. The number of fused-ring (bicyclic) bond motifs is 16. The lowest BCUT2D eigenvalue weighted by molar-refractivity contribution is 0.590. The molecule has 5 heterocycles. The molecule has 286 valence electrons. The minimum Gasteiger partial charge on any atom is -0.376 e. The van der Waals surface area contributed by atoms with E-state index in [0.717, 1.165) is 0 Å². The third-order valence-electron chi connectivity index (χ3n) is 14.4. The second-order valence-corrected chi connectivity index (χ2v) is 23.3.